The summed E-state index contributed by atoms with van der Waals surface area (Å²) in [4.78, 5) is 18.7. The summed E-state index contributed by atoms with van der Waals surface area (Å²) >= 11 is 1.61. The van der Waals surface area contributed by atoms with Gasteiger partial charge in [0.05, 0.1) is 22.5 Å². The van der Waals surface area contributed by atoms with Gasteiger partial charge < -0.3 is 10.1 Å². The first-order chi connectivity index (χ1) is 15.5. The van der Waals surface area contributed by atoms with Gasteiger partial charge >= 0.3 is 0 Å². The normalized spacial score (nSPS) is 21.2. The Labute approximate surface area is 192 Å². The molecular weight excluding hydrogens is 418 g/mol. The zero-order valence-corrected chi connectivity index (χ0v) is 19.6. The van der Waals surface area contributed by atoms with Gasteiger partial charge in [-0.3, -0.25) is 9.20 Å². The van der Waals surface area contributed by atoms with Crippen LogP contribution in [0.4, 0.5) is 0 Å². The van der Waals surface area contributed by atoms with Crippen LogP contribution >= 0.6 is 11.3 Å². The Kier molecular flexibility index (Phi) is 5.64. The summed E-state index contributed by atoms with van der Waals surface area (Å²) < 4.78 is 8.71. The highest BCUT2D eigenvalue weighted by Gasteiger charge is 2.28. The number of nitrogens with one attached hydrogen (secondary N) is 1. The fraction of sp³-hybridized carbons (Fsp3) is 0.385. The summed E-state index contributed by atoms with van der Waals surface area (Å²) in [5, 5.41) is 3.28. The molecule has 2 heterocycles. The summed E-state index contributed by atoms with van der Waals surface area (Å²) in [6, 6.07) is 14.2. The molecule has 1 N–H and O–H groups in total. The van der Waals surface area contributed by atoms with Crippen LogP contribution in [0.25, 0.3) is 26.4 Å². The standard InChI is InChI=1S/C26H29N3O2S/c1-4-31-20-11-8-18(9-12-20)22-15-29-23-13-10-19(14-24(23)32-26(29)28-22)25(30)27-21-7-5-6-16(2)17(21)3/h8-17,21H,4-7H2,1-3H3,(H,27,30)/t16-,17+,21+/m0/s1. The molecule has 0 unspecified atom stereocenters. The minimum Gasteiger partial charge on any atom is -0.494 e. The predicted molar refractivity (Wildman–Crippen MR) is 131 cm³/mol. The second-order valence-electron chi connectivity index (χ2n) is 8.87. The van der Waals surface area contributed by atoms with Gasteiger partial charge in [-0.05, 0) is 67.6 Å². The molecule has 5 nitrogen and oxygen atoms in total. The number of aromatic nitrogens is 2. The minimum atomic E-state index is 0.0268. The fourth-order valence-electron chi connectivity index (χ4n) is 4.71. The number of amides is 1. The number of hydrogen-bond acceptors (Lipinski definition) is 4. The molecule has 2 aromatic heterocycles. The molecule has 0 radical (unpaired) electrons. The third-order valence-electron chi connectivity index (χ3n) is 6.84. The van der Waals surface area contributed by atoms with Crippen molar-refractivity contribution < 1.29 is 9.53 Å². The summed E-state index contributed by atoms with van der Waals surface area (Å²) in [5.41, 5.74) is 3.79. The molecule has 32 heavy (non-hydrogen) atoms. The number of benzene rings is 2. The molecule has 1 saturated carbocycles. The molecule has 1 aliphatic carbocycles. The Hall–Kier alpha value is -2.86. The predicted octanol–water partition coefficient (Wildman–Crippen LogP) is 6.17. The van der Waals surface area contributed by atoms with E-state index >= 15 is 0 Å². The average Bonchev–Trinajstić information content (AvgIpc) is 3.35. The molecule has 0 saturated heterocycles. The number of thiazole rings is 1. The van der Waals surface area contributed by atoms with Gasteiger partial charge in [-0.15, -0.1) is 0 Å². The molecule has 0 bridgehead atoms. The molecule has 166 valence electrons. The lowest BCUT2D eigenvalue weighted by Gasteiger charge is -2.34. The van der Waals surface area contributed by atoms with Crippen molar-refractivity contribution >= 4 is 32.4 Å². The van der Waals surface area contributed by atoms with Gasteiger partial charge in [0.15, 0.2) is 4.96 Å². The Morgan fingerprint density at radius 3 is 2.78 bits per heavy atom. The van der Waals surface area contributed by atoms with E-state index in [0.717, 1.165) is 44.2 Å². The minimum absolute atomic E-state index is 0.0268. The number of carbonyl (C=O) groups excluding carboxylic acids is 1. The highest BCUT2D eigenvalue weighted by molar-refractivity contribution is 7.23. The third-order valence-corrected chi connectivity index (χ3v) is 7.86. The molecule has 4 aromatic rings. The third kappa shape index (κ3) is 3.88. The average molecular weight is 448 g/mol. The van der Waals surface area contributed by atoms with Gasteiger partial charge in [0.1, 0.15) is 5.75 Å². The lowest BCUT2D eigenvalue weighted by molar-refractivity contribution is 0.0891. The number of hydrogen-bond donors (Lipinski definition) is 1. The first-order valence-corrected chi connectivity index (χ1v) is 12.3. The van der Waals surface area contributed by atoms with Crippen LogP contribution in [0.5, 0.6) is 5.75 Å². The lowest BCUT2D eigenvalue weighted by Crippen LogP contribution is -2.43. The molecular formula is C26H29N3O2S. The molecule has 1 amide bonds. The van der Waals surface area contributed by atoms with Crippen LogP contribution in [0.2, 0.25) is 0 Å². The van der Waals surface area contributed by atoms with Crippen LogP contribution in [0.3, 0.4) is 0 Å². The van der Waals surface area contributed by atoms with Gasteiger partial charge in [-0.25, -0.2) is 4.98 Å². The molecule has 0 aliphatic heterocycles. The Morgan fingerprint density at radius 2 is 2.00 bits per heavy atom. The van der Waals surface area contributed by atoms with Crippen molar-refractivity contribution in [2.45, 2.75) is 46.1 Å². The first-order valence-electron chi connectivity index (χ1n) is 11.5. The Balaban J connectivity index is 1.38. The van der Waals surface area contributed by atoms with Crippen molar-refractivity contribution in [3.63, 3.8) is 0 Å². The van der Waals surface area contributed by atoms with E-state index < -0.39 is 0 Å². The van der Waals surface area contributed by atoms with E-state index in [0.29, 0.717) is 18.4 Å². The van der Waals surface area contributed by atoms with Crippen molar-refractivity contribution in [3.8, 4) is 17.0 Å². The number of nitrogens with zero attached hydrogens (tertiary/aromatic N) is 2. The molecule has 0 spiro atoms. The van der Waals surface area contributed by atoms with Gasteiger partial charge in [-0.2, -0.15) is 0 Å². The second kappa shape index (κ2) is 8.58. The van der Waals surface area contributed by atoms with Crippen molar-refractivity contribution in [1.82, 2.24) is 14.7 Å². The molecule has 5 rings (SSSR count). The highest BCUT2D eigenvalue weighted by atomic mass is 32.1. The van der Waals surface area contributed by atoms with E-state index in [4.69, 9.17) is 9.72 Å². The van der Waals surface area contributed by atoms with Crippen LogP contribution in [0, 0.1) is 11.8 Å². The van der Waals surface area contributed by atoms with Crippen molar-refractivity contribution in [1.29, 1.82) is 0 Å². The van der Waals surface area contributed by atoms with Crippen molar-refractivity contribution in [2.75, 3.05) is 6.61 Å². The van der Waals surface area contributed by atoms with Crippen molar-refractivity contribution in [2.24, 2.45) is 11.8 Å². The van der Waals surface area contributed by atoms with E-state index in [1.807, 2.05) is 49.4 Å². The van der Waals surface area contributed by atoms with E-state index in [1.54, 1.807) is 11.3 Å². The zero-order chi connectivity index (χ0) is 22.2. The van der Waals surface area contributed by atoms with E-state index in [9.17, 15) is 4.79 Å². The van der Waals surface area contributed by atoms with Crippen LogP contribution in [-0.4, -0.2) is 27.9 Å². The van der Waals surface area contributed by atoms with Crippen LogP contribution in [0.1, 0.15) is 50.4 Å². The van der Waals surface area contributed by atoms with Crippen LogP contribution in [0.15, 0.2) is 48.7 Å². The number of carbonyl (C=O) groups is 1. The summed E-state index contributed by atoms with van der Waals surface area (Å²) in [5.74, 6) is 2.07. The topological polar surface area (TPSA) is 55.6 Å². The van der Waals surface area contributed by atoms with E-state index in [1.165, 1.54) is 12.8 Å². The number of fused-ring (bicyclic) bond motifs is 3. The van der Waals surface area contributed by atoms with Gasteiger partial charge in [0.25, 0.3) is 5.91 Å². The molecule has 3 atom stereocenters. The lowest BCUT2D eigenvalue weighted by atomic mass is 9.78. The molecule has 6 heteroatoms. The largest absolute Gasteiger partial charge is 0.494 e. The quantitative estimate of drug-likeness (QED) is 0.398. The number of ether oxygens (including phenoxy) is 1. The first kappa shape index (κ1) is 21.0. The van der Waals surface area contributed by atoms with E-state index in [2.05, 4.69) is 29.8 Å². The van der Waals surface area contributed by atoms with Crippen LogP contribution < -0.4 is 10.1 Å². The summed E-state index contributed by atoms with van der Waals surface area (Å²) in [7, 11) is 0. The second-order valence-corrected chi connectivity index (χ2v) is 9.88. The van der Waals surface area contributed by atoms with Gasteiger partial charge in [0, 0.05) is 23.4 Å². The number of rotatable bonds is 5. The summed E-state index contributed by atoms with van der Waals surface area (Å²) in [6.45, 7) is 7.19. The maximum absolute atomic E-state index is 12.9. The molecule has 1 fully saturated rings. The summed E-state index contributed by atoms with van der Waals surface area (Å²) in [6.07, 6.45) is 5.58. The van der Waals surface area contributed by atoms with E-state index in [-0.39, 0.29) is 11.9 Å². The van der Waals surface area contributed by atoms with Gasteiger partial charge in [0.2, 0.25) is 0 Å². The SMILES string of the molecule is CCOc1ccc(-c2cn3c(n2)sc2cc(C(=O)N[C@@H]4CCC[C@H](C)[C@H]4C)ccc23)cc1. The van der Waals surface area contributed by atoms with Crippen LogP contribution in [-0.2, 0) is 0 Å². The maximum atomic E-state index is 12.9. The maximum Gasteiger partial charge on any atom is 0.251 e. The monoisotopic (exact) mass is 447 g/mol. The smallest absolute Gasteiger partial charge is 0.251 e. The number of imidazole rings is 1. The molecule has 1 aliphatic rings. The fourth-order valence-corrected chi connectivity index (χ4v) is 5.75. The zero-order valence-electron chi connectivity index (χ0n) is 18.8. The molecule has 2 aromatic carbocycles. The Bertz CT molecular complexity index is 1260. The highest BCUT2D eigenvalue weighted by Crippen LogP contribution is 2.32. The van der Waals surface area contributed by atoms with Gasteiger partial charge in [-0.1, -0.05) is 38.0 Å². The van der Waals surface area contributed by atoms with Crippen molar-refractivity contribution in [3.05, 3.63) is 54.2 Å². The Morgan fingerprint density at radius 1 is 1.19 bits per heavy atom.